The van der Waals surface area contributed by atoms with Gasteiger partial charge in [0.25, 0.3) is 0 Å². The Balaban J connectivity index is 0.000000331. The summed E-state index contributed by atoms with van der Waals surface area (Å²) in [7, 11) is 0. The molecule has 0 saturated carbocycles. The number of unbranched alkanes of at least 4 members (excludes halogenated alkanes) is 3. The molecule has 3 nitrogen and oxygen atoms in total. The first-order valence-corrected chi connectivity index (χ1v) is 7.43. The van der Waals surface area contributed by atoms with Crippen LogP contribution in [0.25, 0.3) is 0 Å². The molecule has 18 heavy (non-hydrogen) atoms. The average molecular weight is 305 g/mol. The number of aromatic carboxylic acids is 1. The molecule has 0 saturated heterocycles. The maximum atomic E-state index is 10.3. The molecule has 0 radical (unpaired) electrons. The molecule has 1 aromatic rings. The highest BCUT2D eigenvalue weighted by atomic mass is 32.1. The van der Waals surface area contributed by atoms with Crippen molar-refractivity contribution in [3.63, 3.8) is 0 Å². The molecular weight excluding hydrogens is 286 g/mol. The van der Waals surface area contributed by atoms with E-state index < -0.39 is 5.97 Å². The zero-order valence-electron chi connectivity index (χ0n) is 10.1. The van der Waals surface area contributed by atoms with Gasteiger partial charge in [0.15, 0.2) is 0 Å². The predicted molar refractivity (Wildman–Crippen MR) is 84.8 cm³/mol. The highest BCUT2D eigenvalue weighted by Gasteiger charge is 2.01. The standard InChI is InChI=1S/C6H5NO2S.C6H14S2/c8-6(9)4-2-1-3-7-5(4)10;7-5-3-1-2-4-6-8/h1-3H,(H,7,10)(H,8,9);7-8H,1-6H2. The lowest BCUT2D eigenvalue weighted by Crippen LogP contribution is -1.97. The Morgan fingerprint density at radius 3 is 2.11 bits per heavy atom. The first-order valence-electron chi connectivity index (χ1n) is 5.76. The predicted octanol–water partition coefficient (Wildman–Crippen LogP) is 3.85. The summed E-state index contributed by atoms with van der Waals surface area (Å²) in [5.41, 5.74) is 0.137. The number of carboxylic acid groups (broad SMARTS) is 1. The number of H-pyrrole nitrogens is 1. The molecule has 0 spiro atoms. The number of thiol groups is 2. The van der Waals surface area contributed by atoms with Gasteiger partial charge in [-0.3, -0.25) is 0 Å². The van der Waals surface area contributed by atoms with Crippen molar-refractivity contribution >= 4 is 43.4 Å². The SMILES string of the molecule is O=C(O)c1ccc[nH]c1=S.SCCCCCCS. The fourth-order valence-corrected chi connectivity index (χ4v) is 1.84. The molecule has 0 aliphatic heterocycles. The van der Waals surface area contributed by atoms with Crippen molar-refractivity contribution in [1.82, 2.24) is 4.98 Å². The lowest BCUT2D eigenvalue weighted by Gasteiger charge is -1.93. The quantitative estimate of drug-likeness (QED) is 0.367. The molecule has 6 heteroatoms. The minimum Gasteiger partial charge on any atom is -0.478 e. The molecule has 0 fully saturated rings. The second kappa shape index (κ2) is 11.6. The van der Waals surface area contributed by atoms with E-state index in [0.29, 0.717) is 0 Å². The summed E-state index contributed by atoms with van der Waals surface area (Å²) >= 11 is 12.9. The van der Waals surface area contributed by atoms with Crippen LogP contribution >= 0.6 is 37.5 Å². The third-order valence-electron chi connectivity index (χ3n) is 2.11. The summed E-state index contributed by atoms with van der Waals surface area (Å²) in [6.07, 6.45) is 6.76. The Hall–Kier alpha value is -0.460. The molecule has 1 heterocycles. The number of hydrogen-bond donors (Lipinski definition) is 4. The Morgan fingerprint density at radius 2 is 1.78 bits per heavy atom. The monoisotopic (exact) mass is 305 g/mol. The molecule has 0 amide bonds. The maximum absolute atomic E-state index is 10.3. The van der Waals surface area contributed by atoms with E-state index in [0.717, 1.165) is 11.5 Å². The van der Waals surface area contributed by atoms with Crippen molar-refractivity contribution in [3.8, 4) is 0 Å². The van der Waals surface area contributed by atoms with Crippen LogP contribution in [0.3, 0.4) is 0 Å². The highest BCUT2D eigenvalue weighted by Crippen LogP contribution is 2.00. The van der Waals surface area contributed by atoms with Gasteiger partial charge in [-0.1, -0.05) is 25.1 Å². The maximum Gasteiger partial charge on any atom is 0.338 e. The summed E-state index contributed by atoms with van der Waals surface area (Å²) in [5.74, 6) is 1.07. The molecule has 0 atom stereocenters. The summed E-state index contributed by atoms with van der Waals surface area (Å²) in [5, 5.41) is 8.48. The molecule has 0 aliphatic rings. The van der Waals surface area contributed by atoms with Crippen LogP contribution in [-0.4, -0.2) is 27.6 Å². The van der Waals surface area contributed by atoms with Crippen LogP contribution in [0.15, 0.2) is 18.3 Å². The van der Waals surface area contributed by atoms with Crippen molar-refractivity contribution in [2.45, 2.75) is 25.7 Å². The lowest BCUT2D eigenvalue weighted by atomic mass is 10.2. The number of pyridine rings is 1. The minimum atomic E-state index is -0.998. The molecular formula is C12H19NO2S3. The van der Waals surface area contributed by atoms with Gasteiger partial charge in [-0.2, -0.15) is 25.3 Å². The normalized spacial score (nSPS) is 9.44. The van der Waals surface area contributed by atoms with Crippen molar-refractivity contribution in [2.24, 2.45) is 0 Å². The van der Waals surface area contributed by atoms with Crippen LogP contribution in [0, 0.1) is 4.64 Å². The average Bonchev–Trinajstić information content (AvgIpc) is 2.36. The van der Waals surface area contributed by atoms with E-state index in [1.54, 1.807) is 12.3 Å². The lowest BCUT2D eigenvalue weighted by molar-refractivity contribution is 0.0696. The number of carboxylic acids is 1. The van der Waals surface area contributed by atoms with Crippen molar-refractivity contribution in [2.75, 3.05) is 11.5 Å². The number of hydrogen-bond acceptors (Lipinski definition) is 4. The number of nitrogens with one attached hydrogen (secondary N) is 1. The van der Waals surface area contributed by atoms with Crippen LogP contribution < -0.4 is 0 Å². The summed E-state index contributed by atoms with van der Waals surface area (Å²) in [6, 6.07) is 3.06. The molecule has 102 valence electrons. The first-order chi connectivity index (χ1) is 8.63. The van der Waals surface area contributed by atoms with E-state index in [2.05, 4.69) is 30.2 Å². The van der Waals surface area contributed by atoms with Crippen LogP contribution in [0.2, 0.25) is 0 Å². The van der Waals surface area contributed by atoms with Gasteiger partial charge in [0.2, 0.25) is 0 Å². The zero-order valence-corrected chi connectivity index (χ0v) is 12.7. The van der Waals surface area contributed by atoms with Crippen LogP contribution in [0.5, 0.6) is 0 Å². The highest BCUT2D eigenvalue weighted by molar-refractivity contribution is 7.80. The van der Waals surface area contributed by atoms with Crippen molar-refractivity contribution < 1.29 is 9.90 Å². The first kappa shape index (κ1) is 17.5. The van der Waals surface area contributed by atoms with Gasteiger partial charge in [-0.15, -0.1) is 0 Å². The van der Waals surface area contributed by atoms with Gasteiger partial charge in [0.1, 0.15) is 4.64 Å². The topological polar surface area (TPSA) is 53.1 Å². The van der Waals surface area contributed by atoms with E-state index >= 15 is 0 Å². The van der Waals surface area contributed by atoms with E-state index in [9.17, 15) is 4.79 Å². The van der Waals surface area contributed by atoms with E-state index in [1.165, 1.54) is 31.7 Å². The molecule has 1 aromatic heterocycles. The Kier molecular flexibility index (Phi) is 11.3. The van der Waals surface area contributed by atoms with Gasteiger partial charge in [-0.25, -0.2) is 4.79 Å². The van der Waals surface area contributed by atoms with Gasteiger partial charge in [0.05, 0.1) is 5.56 Å². The number of aromatic amines is 1. The second-order valence-electron chi connectivity index (χ2n) is 3.58. The minimum absolute atomic E-state index is 0.137. The molecule has 1 rings (SSSR count). The van der Waals surface area contributed by atoms with Crippen LogP contribution in [-0.2, 0) is 0 Å². The van der Waals surface area contributed by atoms with Gasteiger partial charge < -0.3 is 10.1 Å². The van der Waals surface area contributed by atoms with Gasteiger partial charge in [0, 0.05) is 6.20 Å². The molecule has 0 aliphatic carbocycles. The van der Waals surface area contributed by atoms with E-state index in [4.69, 9.17) is 17.3 Å². The van der Waals surface area contributed by atoms with E-state index in [1.807, 2.05) is 0 Å². The molecule has 2 N–H and O–H groups in total. The Labute approximate surface area is 124 Å². The summed E-state index contributed by atoms with van der Waals surface area (Å²) in [4.78, 5) is 13.0. The summed E-state index contributed by atoms with van der Waals surface area (Å²) < 4.78 is 0.259. The molecule has 0 bridgehead atoms. The van der Waals surface area contributed by atoms with Crippen molar-refractivity contribution in [3.05, 3.63) is 28.5 Å². The fraction of sp³-hybridized carbons (Fsp3) is 0.500. The number of carbonyl (C=O) groups is 1. The number of rotatable bonds is 6. The van der Waals surface area contributed by atoms with Crippen LogP contribution in [0.4, 0.5) is 0 Å². The fourth-order valence-electron chi connectivity index (χ4n) is 1.17. The van der Waals surface area contributed by atoms with Crippen LogP contribution in [0.1, 0.15) is 36.0 Å². The molecule has 0 unspecified atom stereocenters. The third-order valence-corrected chi connectivity index (χ3v) is 3.09. The van der Waals surface area contributed by atoms with E-state index in [-0.39, 0.29) is 10.2 Å². The largest absolute Gasteiger partial charge is 0.478 e. The second-order valence-corrected chi connectivity index (χ2v) is 4.88. The third kappa shape index (κ3) is 8.60. The van der Waals surface area contributed by atoms with Gasteiger partial charge in [-0.05, 0) is 36.5 Å². The zero-order chi connectivity index (χ0) is 13.8. The molecule has 0 aromatic carbocycles. The summed E-state index contributed by atoms with van der Waals surface area (Å²) in [6.45, 7) is 0. The Bertz CT molecular complexity index is 387. The Morgan fingerprint density at radius 1 is 1.22 bits per heavy atom. The smallest absolute Gasteiger partial charge is 0.338 e. The number of aromatic nitrogens is 1. The van der Waals surface area contributed by atoms with Crippen molar-refractivity contribution in [1.29, 1.82) is 0 Å². The van der Waals surface area contributed by atoms with Gasteiger partial charge >= 0.3 is 5.97 Å².